The van der Waals surface area contributed by atoms with Crippen LogP contribution >= 0.6 is 0 Å². The third-order valence-electron chi connectivity index (χ3n) is 3.22. The van der Waals surface area contributed by atoms with E-state index in [1.807, 2.05) is 12.1 Å². The summed E-state index contributed by atoms with van der Waals surface area (Å²) >= 11 is 0. The van der Waals surface area contributed by atoms with Crippen LogP contribution in [-0.4, -0.2) is 25.7 Å². The minimum Gasteiger partial charge on any atom is -0.496 e. The molecule has 0 saturated heterocycles. The lowest BCUT2D eigenvalue weighted by Crippen LogP contribution is -2.28. The van der Waals surface area contributed by atoms with Crippen molar-refractivity contribution in [1.29, 1.82) is 0 Å². The number of nitrogens with one attached hydrogen (secondary N) is 2. The Morgan fingerprint density at radius 2 is 1.83 bits per heavy atom. The van der Waals surface area contributed by atoms with Gasteiger partial charge in [-0.2, -0.15) is 0 Å². The van der Waals surface area contributed by atoms with Gasteiger partial charge in [-0.05, 0) is 42.3 Å². The molecule has 0 aliphatic carbocycles. The third-order valence-corrected chi connectivity index (χ3v) is 3.22. The fourth-order valence-corrected chi connectivity index (χ4v) is 2.19. The molecule has 0 bridgehead atoms. The van der Waals surface area contributed by atoms with Crippen LogP contribution in [0.4, 0.5) is 10.5 Å². The van der Waals surface area contributed by atoms with Crippen molar-refractivity contribution in [2.24, 2.45) is 0 Å². The van der Waals surface area contributed by atoms with Gasteiger partial charge >= 0.3 is 6.09 Å². The highest BCUT2D eigenvalue weighted by molar-refractivity contribution is 5.88. The number of carbonyl (C=O) groups excluding carboxylic acids is 2. The number of amides is 2. The van der Waals surface area contributed by atoms with Crippen LogP contribution in [0.15, 0.2) is 48.5 Å². The summed E-state index contributed by atoms with van der Waals surface area (Å²) in [6.07, 6.45) is 0.0266. The summed E-state index contributed by atoms with van der Waals surface area (Å²) < 4.78 is 10.4. The van der Waals surface area contributed by atoms with E-state index in [1.165, 1.54) is 6.92 Å². The van der Waals surface area contributed by atoms with Crippen molar-refractivity contribution in [2.45, 2.75) is 13.3 Å². The zero-order valence-electron chi connectivity index (χ0n) is 13.7. The minimum atomic E-state index is -0.516. The number of methoxy groups -OCH3 is 1. The van der Waals surface area contributed by atoms with Gasteiger partial charge in [-0.3, -0.25) is 4.79 Å². The lowest BCUT2D eigenvalue weighted by molar-refractivity contribution is -0.114. The third kappa shape index (κ3) is 5.31. The zero-order valence-corrected chi connectivity index (χ0v) is 13.7. The lowest BCUT2D eigenvalue weighted by Gasteiger charge is -2.12. The SMILES string of the molecule is COc1ccc(NC(C)=O)cc1CCNC(=O)Oc1ccccc1. The molecule has 2 rings (SSSR count). The van der Waals surface area contributed by atoms with Gasteiger partial charge in [0.15, 0.2) is 0 Å². The van der Waals surface area contributed by atoms with Gasteiger partial charge < -0.3 is 20.1 Å². The molecule has 0 spiro atoms. The molecule has 2 amide bonds. The first kappa shape index (κ1) is 17.3. The summed E-state index contributed by atoms with van der Waals surface area (Å²) in [4.78, 5) is 22.9. The molecule has 0 aliphatic heterocycles. The zero-order chi connectivity index (χ0) is 17.4. The molecule has 0 radical (unpaired) electrons. The molecule has 24 heavy (non-hydrogen) atoms. The van der Waals surface area contributed by atoms with Crippen molar-refractivity contribution in [3.63, 3.8) is 0 Å². The molecule has 0 atom stereocenters. The maximum absolute atomic E-state index is 11.7. The molecule has 6 heteroatoms. The highest BCUT2D eigenvalue weighted by atomic mass is 16.6. The molecule has 2 aromatic rings. The van der Waals surface area contributed by atoms with Crippen LogP contribution < -0.4 is 20.1 Å². The van der Waals surface area contributed by atoms with Gasteiger partial charge in [0.05, 0.1) is 7.11 Å². The van der Waals surface area contributed by atoms with Crippen molar-refractivity contribution < 1.29 is 19.1 Å². The first-order chi connectivity index (χ1) is 11.6. The van der Waals surface area contributed by atoms with Gasteiger partial charge in [-0.1, -0.05) is 18.2 Å². The summed E-state index contributed by atoms with van der Waals surface area (Å²) in [7, 11) is 1.58. The van der Waals surface area contributed by atoms with Crippen LogP contribution in [-0.2, 0) is 11.2 Å². The summed E-state index contributed by atoms with van der Waals surface area (Å²) in [5.74, 6) is 1.04. The maximum Gasteiger partial charge on any atom is 0.412 e. The molecule has 2 aromatic carbocycles. The van der Waals surface area contributed by atoms with Gasteiger partial charge in [0.1, 0.15) is 11.5 Å². The predicted octanol–water partition coefficient (Wildman–Crippen LogP) is 2.98. The lowest BCUT2D eigenvalue weighted by atomic mass is 10.1. The summed E-state index contributed by atoms with van der Waals surface area (Å²) in [5, 5.41) is 5.41. The van der Waals surface area contributed by atoms with E-state index in [4.69, 9.17) is 9.47 Å². The first-order valence-corrected chi connectivity index (χ1v) is 7.53. The van der Waals surface area contributed by atoms with Crippen LogP contribution in [0.3, 0.4) is 0 Å². The first-order valence-electron chi connectivity index (χ1n) is 7.53. The molecule has 0 fully saturated rings. The van der Waals surface area contributed by atoms with Gasteiger partial charge in [0.2, 0.25) is 5.91 Å². The Morgan fingerprint density at radius 1 is 1.08 bits per heavy atom. The Labute approximate surface area is 140 Å². The van der Waals surface area contributed by atoms with E-state index in [9.17, 15) is 9.59 Å². The molecular formula is C18H20N2O4. The molecule has 0 saturated carbocycles. The monoisotopic (exact) mass is 328 g/mol. The largest absolute Gasteiger partial charge is 0.496 e. The minimum absolute atomic E-state index is 0.143. The molecule has 126 valence electrons. The van der Waals surface area contributed by atoms with Crippen molar-refractivity contribution >= 4 is 17.7 Å². The van der Waals surface area contributed by atoms with Crippen LogP contribution in [0, 0.1) is 0 Å². The van der Waals surface area contributed by atoms with E-state index in [1.54, 1.807) is 43.5 Å². The van der Waals surface area contributed by atoms with Crippen LogP contribution in [0.5, 0.6) is 11.5 Å². The second-order valence-corrected chi connectivity index (χ2v) is 5.09. The summed E-state index contributed by atoms with van der Waals surface area (Å²) in [6, 6.07) is 14.2. The summed E-state index contributed by atoms with van der Waals surface area (Å²) in [5.41, 5.74) is 1.56. The van der Waals surface area contributed by atoms with E-state index in [0.717, 1.165) is 5.56 Å². The smallest absolute Gasteiger partial charge is 0.412 e. The number of hydrogen-bond donors (Lipinski definition) is 2. The number of para-hydroxylation sites is 1. The molecule has 0 unspecified atom stereocenters. The molecule has 0 aromatic heterocycles. The van der Waals surface area contributed by atoms with Gasteiger partial charge in [0, 0.05) is 19.2 Å². The molecule has 6 nitrogen and oxygen atoms in total. The molecule has 2 N–H and O–H groups in total. The molecular weight excluding hydrogens is 308 g/mol. The number of anilines is 1. The van der Waals surface area contributed by atoms with Gasteiger partial charge in [-0.25, -0.2) is 4.79 Å². The fraction of sp³-hybridized carbons (Fsp3) is 0.222. The Bertz CT molecular complexity index is 701. The standard InChI is InChI=1S/C18H20N2O4/c1-13(21)20-15-8-9-17(23-2)14(12-15)10-11-19-18(22)24-16-6-4-3-5-7-16/h3-9,12H,10-11H2,1-2H3,(H,19,22)(H,20,21). The maximum atomic E-state index is 11.7. The quantitative estimate of drug-likeness (QED) is 0.855. The fourth-order valence-electron chi connectivity index (χ4n) is 2.19. The van der Waals surface area contributed by atoms with E-state index in [-0.39, 0.29) is 5.91 Å². The van der Waals surface area contributed by atoms with Gasteiger partial charge in [-0.15, -0.1) is 0 Å². The highest BCUT2D eigenvalue weighted by Crippen LogP contribution is 2.23. The second kappa shape index (κ2) is 8.57. The van der Waals surface area contributed by atoms with Crippen LogP contribution in [0.2, 0.25) is 0 Å². The van der Waals surface area contributed by atoms with E-state index >= 15 is 0 Å². The van der Waals surface area contributed by atoms with Crippen molar-refractivity contribution in [3.05, 3.63) is 54.1 Å². The highest BCUT2D eigenvalue weighted by Gasteiger charge is 2.08. The Morgan fingerprint density at radius 3 is 2.50 bits per heavy atom. The Balaban J connectivity index is 1.90. The van der Waals surface area contributed by atoms with Crippen molar-refractivity contribution in [2.75, 3.05) is 19.0 Å². The summed E-state index contributed by atoms with van der Waals surface area (Å²) in [6.45, 7) is 1.83. The number of ether oxygens (including phenoxy) is 2. The van der Waals surface area contributed by atoms with Crippen molar-refractivity contribution in [3.8, 4) is 11.5 Å². The predicted molar refractivity (Wildman–Crippen MR) is 91.5 cm³/mol. The average Bonchev–Trinajstić information content (AvgIpc) is 2.55. The molecule has 0 aliphatic rings. The average molecular weight is 328 g/mol. The second-order valence-electron chi connectivity index (χ2n) is 5.09. The van der Waals surface area contributed by atoms with Crippen LogP contribution in [0.1, 0.15) is 12.5 Å². The number of carbonyl (C=O) groups is 2. The van der Waals surface area contributed by atoms with Crippen LogP contribution in [0.25, 0.3) is 0 Å². The number of rotatable bonds is 6. The topological polar surface area (TPSA) is 76.7 Å². The van der Waals surface area contributed by atoms with Crippen molar-refractivity contribution in [1.82, 2.24) is 5.32 Å². The Kier molecular flexibility index (Phi) is 6.19. The Hall–Kier alpha value is -3.02. The number of benzene rings is 2. The van der Waals surface area contributed by atoms with E-state index in [0.29, 0.717) is 30.2 Å². The molecule has 0 heterocycles. The normalized spacial score (nSPS) is 9.92. The van der Waals surface area contributed by atoms with Gasteiger partial charge in [0.25, 0.3) is 0 Å². The van der Waals surface area contributed by atoms with E-state index < -0.39 is 6.09 Å². The number of hydrogen-bond acceptors (Lipinski definition) is 4. The van der Waals surface area contributed by atoms with E-state index in [2.05, 4.69) is 10.6 Å².